The fraction of sp³-hybridized carbons (Fsp3) is 0.448. The van der Waals surface area contributed by atoms with Gasteiger partial charge in [0, 0.05) is 68.4 Å². The van der Waals surface area contributed by atoms with E-state index in [2.05, 4.69) is 50.4 Å². The van der Waals surface area contributed by atoms with E-state index in [-0.39, 0.29) is 5.91 Å². The number of nitrogens with zero attached hydrogens (tertiary/aromatic N) is 6. The lowest BCUT2D eigenvalue weighted by Gasteiger charge is -2.37. The maximum absolute atomic E-state index is 12.4. The number of hydrogen-bond acceptors (Lipinski definition) is 9. The van der Waals surface area contributed by atoms with Crippen molar-refractivity contribution in [1.29, 1.82) is 0 Å². The number of nitrogens with one attached hydrogen (secondary N) is 2. The highest BCUT2D eigenvalue weighted by Gasteiger charge is 2.27. The van der Waals surface area contributed by atoms with E-state index < -0.39 is 0 Å². The number of piperazine rings is 1. The van der Waals surface area contributed by atoms with Crippen molar-refractivity contribution < 1.29 is 9.53 Å². The number of rotatable bonds is 6. The molecule has 0 aliphatic carbocycles. The molecule has 0 spiro atoms. The van der Waals surface area contributed by atoms with Crippen LogP contribution in [0, 0.1) is 13.8 Å². The molecule has 10 nitrogen and oxygen atoms in total. The van der Waals surface area contributed by atoms with Crippen LogP contribution in [0.1, 0.15) is 36.0 Å². The Hall–Kier alpha value is -3.92. The minimum atomic E-state index is 0.0960. The maximum Gasteiger partial charge on any atom is 0.229 e. The third-order valence-electron chi connectivity index (χ3n) is 7.76. The van der Waals surface area contributed by atoms with E-state index in [1.807, 2.05) is 19.1 Å². The Morgan fingerprint density at radius 1 is 0.949 bits per heavy atom. The average Bonchev–Trinajstić information content (AvgIpc) is 3.37. The van der Waals surface area contributed by atoms with Crippen LogP contribution >= 0.6 is 0 Å². The van der Waals surface area contributed by atoms with E-state index in [1.54, 1.807) is 17.3 Å². The summed E-state index contributed by atoms with van der Waals surface area (Å²) in [5, 5.41) is 6.85. The van der Waals surface area contributed by atoms with Gasteiger partial charge in [-0.2, -0.15) is 4.98 Å². The minimum absolute atomic E-state index is 0.0960. The van der Waals surface area contributed by atoms with Gasteiger partial charge in [-0.05, 0) is 63.9 Å². The van der Waals surface area contributed by atoms with Crippen LogP contribution in [0.15, 0.2) is 30.6 Å². The Bertz CT molecular complexity index is 1390. The van der Waals surface area contributed by atoms with Crippen LogP contribution in [0.3, 0.4) is 0 Å². The van der Waals surface area contributed by atoms with Gasteiger partial charge in [-0.3, -0.25) is 9.69 Å². The van der Waals surface area contributed by atoms with E-state index in [9.17, 15) is 4.79 Å². The first-order chi connectivity index (χ1) is 19.0. The zero-order valence-corrected chi connectivity index (χ0v) is 23.0. The first-order valence-corrected chi connectivity index (χ1v) is 13.8. The number of hydrogen-bond donors (Lipinski definition) is 2. The Kier molecular flexibility index (Phi) is 6.95. The Balaban J connectivity index is 1.29. The predicted octanol–water partition coefficient (Wildman–Crippen LogP) is 4.18. The second kappa shape index (κ2) is 10.7. The topological polar surface area (TPSA) is 98.8 Å². The highest BCUT2D eigenvalue weighted by atomic mass is 16.5. The standard InChI is InChI=1S/C29H36N8O2/c1-19-17-23(26-21(7-6-16-39-26)25(19)36-14-12-35(3)13-15-36)33-29-31-18-20(2)27(34-29)32-22-8-4-10-30-28(22)37-11-5-9-24(37)38/h4,8,10,17-18H,5-7,9,11-16H2,1-3H3,(H2,31,32,33,34). The van der Waals surface area contributed by atoms with E-state index in [0.29, 0.717) is 37.2 Å². The van der Waals surface area contributed by atoms with Gasteiger partial charge in [0.2, 0.25) is 11.9 Å². The van der Waals surface area contributed by atoms with Crippen molar-refractivity contribution in [3.05, 3.63) is 47.3 Å². The molecule has 0 bridgehead atoms. The van der Waals surface area contributed by atoms with Crippen LogP contribution in [0.5, 0.6) is 5.75 Å². The Labute approximate surface area is 229 Å². The number of benzene rings is 1. The summed E-state index contributed by atoms with van der Waals surface area (Å²) < 4.78 is 6.25. The predicted molar refractivity (Wildman–Crippen MR) is 154 cm³/mol. The largest absolute Gasteiger partial charge is 0.491 e. The van der Waals surface area contributed by atoms with Crippen molar-refractivity contribution in [3.63, 3.8) is 0 Å². The second-order valence-electron chi connectivity index (χ2n) is 10.6. The number of carbonyl (C=O) groups is 1. The average molecular weight is 529 g/mol. The van der Waals surface area contributed by atoms with E-state index >= 15 is 0 Å². The molecule has 39 heavy (non-hydrogen) atoms. The van der Waals surface area contributed by atoms with Crippen LogP contribution in [-0.4, -0.2) is 72.1 Å². The quantitative estimate of drug-likeness (QED) is 0.488. The number of fused-ring (bicyclic) bond motifs is 1. The van der Waals surface area contributed by atoms with Gasteiger partial charge >= 0.3 is 0 Å². The van der Waals surface area contributed by atoms with Gasteiger partial charge in [-0.25, -0.2) is 9.97 Å². The molecule has 2 aromatic heterocycles. The highest BCUT2D eigenvalue weighted by molar-refractivity contribution is 5.97. The smallest absolute Gasteiger partial charge is 0.229 e. The van der Waals surface area contributed by atoms with Crippen LogP contribution in [0.2, 0.25) is 0 Å². The molecule has 1 aromatic carbocycles. The molecule has 204 valence electrons. The normalized spacial score (nSPS) is 17.7. The third kappa shape index (κ3) is 5.08. The number of aryl methyl sites for hydroxylation is 2. The summed E-state index contributed by atoms with van der Waals surface area (Å²) in [6, 6.07) is 5.94. The number of amides is 1. The fourth-order valence-electron chi connectivity index (χ4n) is 5.70. The van der Waals surface area contributed by atoms with Crippen molar-refractivity contribution in [2.75, 3.05) is 66.8 Å². The second-order valence-corrected chi connectivity index (χ2v) is 10.6. The molecule has 0 saturated carbocycles. The zero-order valence-electron chi connectivity index (χ0n) is 23.0. The summed E-state index contributed by atoms with van der Waals surface area (Å²) in [6.07, 6.45) is 6.91. The van der Waals surface area contributed by atoms with Gasteiger partial charge < -0.3 is 25.2 Å². The van der Waals surface area contributed by atoms with Gasteiger partial charge in [-0.15, -0.1) is 0 Å². The van der Waals surface area contributed by atoms with Crippen LogP contribution < -0.4 is 25.2 Å². The lowest BCUT2D eigenvalue weighted by Crippen LogP contribution is -2.45. The summed E-state index contributed by atoms with van der Waals surface area (Å²) in [5.74, 6) is 2.77. The summed E-state index contributed by atoms with van der Waals surface area (Å²) >= 11 is 0. The van der Waals surface area contributed by atoms with Crippen molar-refractivity contribution in [3.8, 4) is 5.75 Å². The number of aromatic nitrogens is 3. The van der Waals surface area contributed by atoms with E-state index in [0.717, 1.165) is 68.1 Å². The number of ether oxygens (including phenoxy) is 1. The zero-order chi connectivity index (χ0) is 26.9. The minimum Gasteiger partial charge on any atom is -0.491 e. The maximum atomic E-state index is 12.4. The molecule has 1 amide bonds. The Morgan fingerprint density at radius 3 is 2.59 bits per heavy atom. The molecule has 0 atom stereocenters. The number of carbonyl (C=O) groups excluding carboxylic acids is 1. The van der Waals surface area contributed by atoms with E-state index in [4.69, 9.17) is 9.72 Å². The highest BCUT2D eigenvalue weighted by Crippen LogP contribution is 2.43. The van der Waals surface area contributed by atoms with Gasteiger partial charge in [0.15, 0.2) is 5.82 Å². The molecule has 3 aromatic rings. The summed E-state index contributed by atoms with van der Waals surface area (Å²) in [6.45, 7) is 9.68. The molecule has 2 fully saturated rings. The molecular weight excluding hydrogens is 492 g/mol. The summed E-state index contributed by atoms with van der Waals surface area (Å²) in [4.78, 5) is 32.9. The molecule has 2 saturated heterocycles. The van der Waals surface area contributed by atoms with Gasteiger partial charge in [-0.1, -0.05) is 0 Å². The SMILES string of the molecule is Cc1cnc(Nc2cc(C)c(N3CCN(C)CC3)c3c2OCCC3)nc1Nc1cccnc1N1CCCC1=O. The van der Waals surface area contributed by atoms with E-state index in [1.165, 1.54) is 16.8 Å². The molecule has 3 aliphatic heterocycles. The first-order valence-electron chi connectivity index (χ1n) is 13.8. The molecule has 10 heteroatoms. The van der Waals surface area contributed by atoms with Crippen LogP contribution in [-0.2, 0) is 11.2 Å². The van der Waals surface area contributed by atoms with Crippen molar-refractivity contribution >= 4 is 40.6 Å². The number of anilines is 6. The molecule has 3 aliphatic rings. The molecular formula is C29H36N8O2. The summed E-state index contributed by atoms with van der Waals surface area (Å²) in [7, 11) is 2.18. The molecule has 5 heterocycles. The van der Waals surface area contributed by atoms with Crippen LogP contribution in [0.25, 0.3) is 0 Å². The molecule has 0 radical (unpaired) electrons. The number of pyridine rings is 1. The molecule has 2 N–H and O–H groups in total. The molecule has 6 rings (SSSR count). The van der Waals surface area contributed by atoms with Crippen molar-refractivity contribution in [2.45, 2.75) is 39.5 Å². The monoisotopic (exact) mass is 528 g/mol. The number of likely N-dealkylation sites (N-methyl/N-ethyl adjacent to an activating group) is 1. The Morgan fingerprint density at radius 2 is 1.79 bits per heavy atom. The third-order valence-corrected chi connectivity index (χ3v) is 7.76. The van der Waals surface area contributed by atoms with Crippen molar-refractivity contribution in [1.82, 2.24) is 19.9 Å². The van der Waals surface area contributed by atoms with Gasteiger partial charge in [0.25, 0.3) is 0 Å². The van der Waals surface area contributed by atoms with Gasteiger partial charge in [0.1, 0.15) is 11.6 Å². The lowest BCUT2D eigenvalue weighted by molar-refractivity contribution is -0.117. The lowest BCUT2D eigenvalue weighted by atomic mass is 9.97. The molecule has 0 unspecified atom stereocenters. The van der Waals surface area contributed by atoms with Crippen molar-refractivity contribution in [2.24, 2.45) is 0 Å². The first kappa shape index (κ1) is 25.4. The fourth-order valence-corrected chi connectivity index (χ4v) is 5.70. The van der Waals surface area contributed by atoms with Crippen LogP contribution in [0.4, 0.5) is 34.6 Å². The summed E-state index contributed by atoms with van der Waals surface area (Å²) in [5.41, 5.74) is 6.34. The van der Waals surface area contributed by atoms with Gasteiger partial charge in [0.05, 0.1) is 18.0 Å².